The molecule has 1 atom stereocenters. The minimum atomic E-state index is -0.675. The summed E-state index contributed by atoms with van der Waals surface area (Å²) in [5, 5.41) is 3.51. The van der Waals surface area contributed by atoms with Gasteiger partial charge in [0.2, 0.25) is 0 Å². The molecule has 0 bridgehead atoms. The molecule has 1 aliphatic heterocycles. The van der Waals surface area contributed by atoms with Gasteiger partial charge in [0.05, 0.1) is 6.61 Å². The molecule has 1 heterocycles. The molecule has 2 rings (SSSR count). The summed E-state index contributed by atoms with van der Waals surface area (Å²) >= 11 is 0. The molecule has 5 nitrogen and oxygen atoms in total. The maximum atomic E-state index is 11.6. The van der Waals surface area contributed by atoms with E-state index in [-0.39, 0.29) is 12.3 Å². The number of hydrogen-bond acceptors (Lipinski definition) is 5. The predicted octanol–water partition coefficient (Wildman–Crippen LogP) is 1.32. The topological polar surface area (TPSA) is 65.0 Å². The molecule has 0 saturated carbocycles. The fourth-order valence-electron chi connectivity index (χ4n) is 1.75. The number of nitrogens with zero attached hydrogens (tertiary/aromatic N) is 1. The van der Waals surface area contributed by atoms with Crippen LogP contribution in [0.15, 0.2) is 35.5 Å². The van der Waals surface area contributed by atoms with Crippen LogP contribution in [0.2, 0.25) is 0 Å². The fourth-order valence-corrected chi connectivity index (χ4v) is 1.75. The molecule has 0 spiro atoms. The van der Waals surface area contributed by atoms with Crippen LogP contribution >= 0.6 is 0 Å². The van der Waals surface area contributed by atoms with Gasteiger partial charge in [0.15, 0.2) is 5.71 Å². The highest BCUT2D eigenvalue weighted by Gasteiger charge is 2.38. The van der Waals surface area contributed by atoms with Gasteiger partial charge in [-0.2, -0.15) is 0 Å². The lowest BCUT2D eigenvalue weighted by atomic mass is 9.95. The van der Waals surface area contributed by atoms with Crippen LogP contribution in [0.3, 0.4) is 0 Å². The SMILES string of the molecule is CCOC(=O)C1=NOC(=O)C1Cc1ccccc1. The number of carbonyl (C=O) groups is 2. The number of benzene rings is 1. The Labute approximate surface area is 104 Å². The fraction of sp³-hybridized carbons (Fsp3) is 0.308. The third-order valence-corrected chi connectivity index (χ3v) is 2.62. The monoisotopic (exact) mass is 247 g/mol. The van der Waals surface area contributed by atoms with Gasteiger partial charge in [0.1, 0.15) is 5.92 Å². The minimum absolute atomic E-state index is 0.0469. The molecule has 0 aliphatic carbocycles. The van der Waals surface area contributed by atoms with E-state index in [1.54, 1.807) is 6.92 Å². The van der Waals surface area contributed by atoms with E-state index in [2.05, 4.69) is 9.99 Å². The smallest absolute Gasteiger partial charge is 0.357 e. The lowest BCUT2D eigenvalue weighted by Crippen LogP contribution is -2.28. The van der Waals surface area contributed by atoms with Crippen LogP contribution in [0.5, 0.6) is 0 Å². The number of hydrogen-bond donors (Lipinski definition) is 0. The summed E-state index contributed by atoms with van der Waals surface area (Å²) in [5.74, 6) is -1.78. The summed E-state index contributed by atoms with van der Waals surface area (Å²) in [4.78, 5) is 27.7. The third kappa shape index (κ3) is 2.56. The van der Waals surface area contributed by atoms with Crippen LogP contribution in [0.1, 0.15) is 12.5 Å². The number of rotatable bonds is 4. The summed E-state index contributed by atoms with van der Waals surface area (Å²) in [7, 11) is 0. The average molecular weight is 247 g/mol. The Hall–Kier alpha value is -2.17. The molecule has 0 radical (unpaired) electrons. The summed E-state index contributed by atoms with van der Waals surface area (Å²) in [6, 6.07) is 9.40. The quantitative estimate of drug-likeness (QED) is 0.594. The zero-order valence-electron chi connectivity index (χ0n) is 9.96. The molecule has 1 unspecified atom stereocenters. The van der Waals surface area contributed by atoms with E-state index < -0.39 is 17.9 Å². The normalized spacial score (nSPS) is 18.2. The van der Waals surface area contributed by atoms with Crippen molar-refractivity contribution in [1.82, 2.24) is 0 Å². The predicted molar refractivity (Wildman–Crippen MR) is 63.8 cm³/mol. The van der Waals surface area contributed by atoms with Crippen LogP contribution in [0.4, 0.5) is 0 Å². The highest BCUT2D eigenvalue weighted by Crippen LogP contribution is 2.18. The molecule has 1 aromatic carbocycles. The lowest BCUT2D eigenvalue weighted by molar-refractivity contribution is -0.143. The van der Waals surface area contributed by atoms with Gasteiger partial charge in [-0.3, -0.25) is 0 Å². The summed E-state index contributed by atoms with van der Waals surface area (Å²) in [6.07, 6.45) is 0.386. The van der Waals surface area contributed by atoms with E-state index in [9.17, 15) is 9.59 Å². The largest absolute Gasteiger partial charge is 0.461 e. The second-order valence-corrected chi connectivity index (χ2v) is 3.85. The maximum absolute atomic E-state index is 11.6. The molecule has 1 aliphatic rings. The summed E-state index contributed by atoms with van der Waals surface area (Å²) in [5.41, 5.74) is 0.990. The Morgan fingerprint density at radius 3 is 2.78 bits per heavy atom. The Morgan fingerprint density at radius 1 is 1.39 bits per heavy atom. The first kappa shape index (κ1) is 12.3. The van der Waals surface area contributed by atoms with Crippen molar-refractivity contribution in [2.45, 2.75) is 13.3 Å². The van der Waals surface area contributed by atoms with Gasteiger partial charge in [0, 0.05) is 0 Å². The van der Waals surface area contributed by atoms with Crippen molar-refractivity contribution >= 4 is 17.7 Å². The van der Waals surface area contributed by atoms with Gasteiger partial charge in [0.25, 0.3) is 0 Å². The van der Waals surface area contributed by atoms with Gasteiger partial charge >= 0.3 is 11.9 Å². The first-order chi connectivity index (χ1) is 8.72. The van der Waals surface area contributed by atoms with E-state index in [1.165, 1.54) is 0 Å². The molecular weight excluding hydrogens is 234 g/mol. The van der Waals surface area contributed by atoms with E-state index >= 15 is 0 Å². The van der Waals surface area contributed by atoms with Gasteiger partial charge < -0.3 is 9.57 Å². The average Bonchev–Trinajstić information content (AvgIpc) is 2.73. The molecule has 0 fully saturated rings. The Kier molecular flexibility index (Phi) is 3.72. The van der Waals surface area contributed by atoms with E-state index in [0.29, 0.717) is 6.42 Å². The highest BCUT2D eigenvalue weighted by molar-refractivity contribution is 6.41. The first-order valence-electron chi connectivity index (χ1n) is 5.72. The van der Waals surface area contributed by atoms with Crippen LogP contribution < -0.4 is 0 Å². The van der Waals surface area contributed by atoms with Crippen LogP contribution in [0.25, 0.3) is 0 Å². The van der Waals surface area contributed by atoms with Crippen molar-refractivity contribution in [3.63, 3.8) is 0 Å². The highest BCUT2D eigenvalue weighted by atomic mass is 16.7. The number of ether oxygens (including phenoxy) is 1. The third-order valence-electron chi connectivity index (χ3n) is 2.62. The van der Waals surface area contributed by atoms with Crippen molar-refractivity contribution < 1.29 is 19.2 Å². The Morgan fingerprint density at radius 2 is 2.11 bits per heavy atom. The van der Waals surface area contributed by atoms with Crippen molar-refractivity contribution in [1.29, 1.82) is 0 Å². The Bertz CT molecular complexity index is 481. The maximum Gasteiger partial charge on any atom is 0.357 e. The second kappa shape index (κ2) is 5.44. The zero-order chi connectivity index (χ0) is 13.0. The first-order valence-corrected chi connectivity index (χ1v) is 5.72. The molecule has 18 heavy (non-hydrogen) atoms. The molecule has 0 N–H and O–H groups in total. The van der Waals surface area contributed by atoms with Gasteiger partial charge in [-0.25, -0.2) is 9.59 Å². The minimum Gasteiger partial charge on any atom is -0.461 e. The van der Waals surface area contributed by atoms with Gasteiger partial charge in [-0.15, -0.1) is 0 Å². The Balaban J connectivity index is 2.12. The number of esters is 1. The molecule has 5 heteroatoms. The molecular formula is C13H13NO4. The lowest BCUT2D eigenvalue weighted by Gasteiger charge is -2.08. The number of oxime groups is 1. The van der Waals surface area contributed by atoms with Gasteiger partial charge in [-0.1, -0.05) is 35.5 Å². The zero-order valence-corrected chi connectivity index (χ0v) is 9.96. The van der Waals surface area contributed by atoms with E-state index in [4.69, 9.17) is 4.74 Å². The van der Waals surface area contributed by atoms with Crippen LogP contribution in [0, 0.1) is 5.92 Å². The molecule has 94 valence electrons. The van der Waals surface area contributed by atoms with E-state index in [0.717, 1.165) is 5.56 Å². The summed E-state index contributed by atoms with van der Waals surface area (Å²) < 4.78 is 4.84. The van der Waals surface area contributed by atoms with Crippen molar-refractivity contribution in [3.8, 4) is 0 Å². The second-order valence-electron chi connectivity index (χ2n) is 3.85. The number of carbonyl (C=O) groups excluding carboxylic acids is 2. The van der Waals surface area contributed by atoms with E-state index in [1.807, 2.05) is 30.3 Å². The van der Waals surface area contributed by atoms with Crippen molar-refractivity contribution in [2.75, 3.05) is 6.61 Å². The molecule has 1 aromatic rings. The van der Waals surface area contributed by atoms with Crippen LogP contribution in [-0.4, -0.2) is 24.3 Å². The van der Waals surface area contributed by atoms with Crippen molar-refractivity contribution in [2.24, 2.45) is 11.1 Å². The molecule has 0 saturated heterocycles. The summed E-state index contributed by atoms with van der Waals surface area (Å²) in [6.45, 7) is 1.94. The van der Waals surface area contributed by atoms with Crippen molar-refractivity contribution in [3.05, 3.63) is 35.9 Å². The molecule has 0 aromatic heterocycles. The molecule has 0 amide bonds. The van der Waals surface area contributed by atoms with Gasteiger partial charge in [-0.05, 0) is 18.9 Å². The standard InChI is InChI=1S/C13H13NO4/c1-2-17-13(16)11-10(12(15)18-14-11)8-9-6-4-3-5-7-9/h3-7,10H,2,8H2,1H3. The van der Waals surface area contributed by atoms with Crippen LogP contribution in [-0.2, 0) is 25.6 Å².